The molecule has 0 aliphatic heterocycles. The van der Waals surface area contributed by atoms with Crippen molar-refractivity contribution in [2.24, 2.45) is 0 Å². The Hall–Kier alpha value is -1.61. The third-order valence-electron chi connectivity index (χ3n) is 3.38. The summed E-state index contributed by atoms with van der Waals surface area (Å²) in [6.45, 7) is 2.38. The molecule has 0 heterocycles. The highest BCUT2D eigenvalue weighted by Crippen LogP contribution is 2.30. The molecule has 1 aromatic rings. The minimum atomic E-state index is -0.659. The van der Waals surface area contributed by atoms with Crippen molar-refractivity contribution < 1.29 is 9.90 Å². The number of nitrogens with one attached hydrogen (secondary N) is 1. The van der Waals surface area contributed by atoms with E-state index in [2.05, 4.69) is 5.32 Å². The molecule has 1 aliphatic rings. The topological polar surface area (TPSA) is 49.3 Å². The van der Waals surface area contributed by atoms with Gasteiger partial charge in [0.05, 0.1) is 5.60 Å². The van der Waals surface area contributed by atoms with Crippen LogP contribution in [0.5, 0.6) is 0 Å². The molecule has 1 fully saturated rings. The lowest BCUT2D eigenvalue weighted by atomic mass is 9.80. The zero-order chi connectivity index (χ0) is 13.0. The van der Waals surface area contributed by atoms with Gasteiger partial charge in [0, 0.05) is 12.6 Å². The number of carbonyl (C=O) groups excluding carboxylic acids is 1. The normalized spacial score (nSPS) is 17.4. The number of carbonyl (C=O) groups is 1. The van der Waals surface area contributed by atoms with Crippen LogP contribution in [0.3, 0.4) is 0 Å². The van der Waals surface area contributed by atoms with Crippen molar-refractivity contribution in [1.82, 2.24) is 5.32 Å². The van der Waals surface area contributed by atoms with Crippen molar-refractivity contribution in [2.75, 3.05) is 6.54 Å². The summed E-state index contributed by atoms with van der Waals surface area (Å²) in [5, 5.41) is 12.6. The lowest BCUT2D eigenvalue weighted by Crippen LogP contribution is -2.47. The maximum absolute atomic E-state index is 11.6. The highest BCUT2D eigenvalue weighted by atomic mass is 16.3. The largest absolute Gasteiger partial charge is 0.388 e. The number of hydrogen-bond donors (Lipinski definition) is 2. The van der Waals surface area contributed by atoms with Gasteiger partial charge in [0.1, 0.15) is 0 Å². The molecule has 0 radical (unpaired) electrons. The Bertz CT molecular complexity index is 444. The van der Waals surface area contributed by atoms with Crippen LogP contribution >= 0.6 is 0 Å². The van der Waals surface area contributed by atoms with Crippen LogP contribution in [0.25, 0.3) is 6.08 Å². The van der Waals surface area contributed by atoms with Crippen LogP contribution < -0.4 is 5.32 Å². The molecule has 18 heavy (non-hydrogen) atoms. The molecule has 0 atom stereocenters. The Labute approximate surface area is 108 Å². The Balaban J connectivity index is 1.81. The molecule has 2 rings (SSSR count). The molecule has 1 amide bonds. The summed E-state index contributed by atoms with van der Waals surface area (Å²) in [5.41, 5.74) is 1.54. The summed E-state index contributed by atoms with van der Waals surface area (Å²) in [7, 11) is 0. The number of aryl methyl sites for hydroxylation is 1. The Morgan fingerprint density at radius 1 is 1.39 bits per heavy atom. The van der Waals surface area contributed by atoms with Gasteiger partial charge in [-0.15, -0.1) is 0 Å². The second-order valence-corrected chi connectivity index (χ2v) is 5.04. The van der Waals surface area contributed by atoms with Crippen LogP contribution in [0.2, 0.25) is 0 Å². The van der Waals surface area contributed by atoms with E-state index in [1.165, 1.54) is 11.6 Å². The third-order valence-corrected chi connectivity index (χ3v) is 3.38. The fourth-order valence-electron chi connectivity index (χ4n) is 1.92. The Kier molecular flexibility index (Phi) is 3.82. The van der Waals surface area contributed by atoms with Crippen molar-refractivity contribution in [3.8, 4) is 0 Å². The molecule has 3 heteroatoms. The molecule has 1 aromatic carbocycles. The molecule has 2 N–H and O–H groups in total. The molecule has 1 aliphatic carbocycles. The van der Waals surface area contributed by atoms with E-state index in [0.29, 0.717) is 6.54 Å². The van der Waals surface area contributed by atoms with E-state index in [9.17, 15) is 9.90 Å². The molecule has 0 bridgehead atoms. The number of benzene rings is 1. The third kappa shape index (κ3) is 3.44. The minimum Gasteiger partial charge on any atom is -0.388 e. The van der Waals surface area contributed by atoms with Gasteiger partial charge in [-0.05, 0) is 37.8 Å². The van der Waals surface area contributed by atoms with Gasteiger partial charge in [-0.25, -0.2) is 0 Å². The molecular weight excluding hydrogens is 226 g/mol. The van der Waals surface area contributed by atoms with Gasteiger partial charge < -0.3 is 10.4 Å². The van der Waals surface area contributed by atoms with Gasteiger partial charge in [0.2, 0.25) is 5.91 Å². The van der Waals surface area contributed by atoms with Crippen LogP contribution in [0.4, 0.5) is 0 Å². The van der Waals surface area contributed by atoms with E-state index in [1.54, 1.807) is 6.08 Å². The van der Waals surface area contributed by atoms with Crippen molar-refractivity contribution >= 4 is 12.0 Å². The van der Waals surface area contributed by atoms with E-state index < -0.39 is 5.60 Å². The zero-order valence-electron chi connectivity index (χ0n) is 10.6. The summed E-state index contributed by atoms with van der Waals surface area (Å²) in [6.07, 6.45) is 5.90. The summed E-state index contributed by atoms with van der Waals surface area (Å²) < 4.78 is 0. The van der Waals surface area contributed by atoms with Crippen molar-refractivity contribution in [3.05, 3.63) is 41.5 Å². The van der Waals surface area contributed by atoms with E-state index >= 15 is 0 Å². The monoisotopic (exact) mass is 245 g/mol. The van der Waals surface area contributed by atoms with Gasteiger partial charge in [-0.3, -0.25) is 4.79 Å². The van der Waals surface area contributed by atoms with Crippen molar-refractivity contribution in [3.63, 3.8) is 0 Å². The predicted octanol–water partition coefficient (Wildman–Crippen LogP) is 2.04. The van der Waals surface area contributed by atoms with Gasteiger partial charge in [-0.1, -0.05) is 29.8 Å². The fourth-order valence-corrected chi connectivity index (χ4v) is 1.92. The highest BCUT2D eigenvalue weighted by molar-refractivity contribution is 5.91. The van der Waals surface area contributed by atoms with Crippen LogP contribution in [0.15, 0.2) is 30.3 Å². The first-order valence-corrected chi connectivity index (χ1v) is 6.32. The molecule has 0 saturated heterocycles. The molecule has 0 spiro atoms. The molecule has 0 aromatic heterocycles. The second-order valence-electron chi connectivity index (χ2n) is 5.04. The predicted molar refractivity (Wildman–Crippen MR) is 72.0 cm³/mol. The quantitative estimate of drug-likeness (QED) is 0.797. The van der Waals surface area contributed by atoms with Gasteiger partial charge in [0.25, 0.3) is 0 Å². The maximum Gasteiger partial charge on any atom is 0.244 e. The van der Waals surface area contributed by atoms with E-state index in [-0.39, 0.29) is 5.91 Å². The first-order chi connectivity index (χ1) is 8.57. The fraction of sp³-hybridized carbons (Fsp3) is 0.400. The van der Waals surface area contributed by atoms with Crippen LogP contribution in [0.1, 0.15) is 30.4 Å². The molecule has 0 unspecified atom stereocenters. The lowest BCUT2D eigenvalue weighted by molar-refractivity contribution is -0.118. The zero-order valence-corrected chi connectivity index (χ0v) is 10.6. The minimum absolute atomic E-state index is 0.157. The molecule has 96 valence electrons. The Morgan fingerprint density at radius 3 is 2.61 bits per heavy atom. The van der Waals surface area contributed by atoms with E-state index in [1.807, 2.05) is 31.2 Å². The van der Waals surface area contributed by atoms with Gasteiger partial charge >= 0.3 is 0 Å². The number of rotatable bonds is 4. The van der Waals surface area contributed by atoms with E-state index in [4.69, 9.17) is 0 Å². The Morgan fingerprint density at radius 2 is 2.06 bits per heavy atom. The SMILES string of the molecule is Cc1ccc(C=CC(=O)NCC2(O)CCC2)cc1. The lowest BCUT2D eigenvalue weighted by Gasteiger charge is -2.36. The van der Waals surface area contributed by atoms with Crippen LogP contribution in [0, 0.1) is 6.92 Å². The number of hydrogen-bond acceptors (Lipinski definition) is 2. The smallest absolute Gasteiger partial charge is 0.244 e. The van der Waals surface area contributed by atoms with Crippen molar-refractivity contribution in [2.45, 2.75) is 31.8 Å². The summed E-state index contributed by atoms with van der Waals surface area (Å²) >= 11 is 0. The average molecular weight is 245 g/mol. The van der Waals surface area contributed by atoms with Gasteiger partial charge in [0.15, 0.2) is 0 Å². The first kappa shape index (κ1) is 12.8. The summed E-state index contributed by atoms with van der Waals surface area (Å²) in [6, 6.07) is 7.96. The molecule has 1 saturated carbocycles. The molecule has 3 nitrogen and oxygen atoms in total. The number of aliphatic hydroxyl groups is 1. The van der Waals surface area contributed by atoms with Crippen LogP contribution in [-0.2, 0) is 4.79 Å². The van der Waals surface area contributed by atoms with Crippen LogP contribution in [-0.4, -0.2) is 23.2 Å². The second kappa shape index (κ2) is 5.36. The summed E-state index contributed by atoms with van der Waals surface area (Å²) in [5.74, 6) is -0.157. The van der Waals surface area contributed by atoms with Gasteiger partial charge in [-0.2, -0.15) is 0 Å². The molecular formula is C15H19NO2. The summed E-state index contributed by atoms with van der Waals surface area (Å²) in [4.78, 5) is 11.6. The maximum atomic E-state index is 11.6. The van der Waals surface area contributed by atoms with Crippen molar-refractivity contribution in [1.29, 1.82) is 0 Å². The highest BCUT2D eigenvalue weighted by Gasteiger charge is 2.34. The van der Waals surface area contributed by atoms with E-state index in [0.717, 1.165) is 24.8 Å². The standard InChI is InChI=1S/C15H19NO2/c1-12-3-5-13(6-4-12)7-8-14(17)16-11-15(18)9-2-10-15/h3-8,18H,2,9-11H2,1H3,(H,16,17). The number of amides is 1. The average Bonchev–Trinajstić information content (AvgIpc) is 2.33. The first-order valence-electron chi connectivity index (χ1n) is 6.32.